The first-order valence-corrected chi connectivity index (χ1v) is 5.60. The zero-order valence-corrected chi connectivity index (χ0v) is 9.37. The van der Waals surface area contributed by atoms with Crippen LogP contribution < -0.4 is 15.2 Å². The standard InChI is InChI=1S/C9H11N3O2S/c1-3-4-11-7(13)6(2)8(14)12-9(11)15-5-10-12/h5H,3-4H2,1-2H3. The monoisotopic (exact) mass is 225 g/mol. The quantitative estimate of drug-likeness (QED) is 0.667. The van der Waals surface area contributed by atoms with Crippen molar-refractivity contribution in [2.24, 2.45) is 0 Å². The molecular weight excluding hydrogens is 214 g/mol. The molecular formula is C9H11N3O2S. The van der Waals surface area contributed by atoms with Crippen molar-refractivity contribution in [3.8, 4) is 5.88 Å². The molecule has 0 atom stereocenters. The molecule has 5 nitrogen and oxygen atoms in total. The normalized spacial score (nSPS) is 11.1. The molecule has 2 heterocycles. The van der Waals surface area contributed by atoms with Crippen molar-refractivity contribution in [1.29, 1.82) is 0 Å². The lowest BCUT2D eigenvalue weighted by Crippen LogP contribution is -2.43. The van der Waals surface area contributed by atoms with Crippen molar-refractivity contribution in [3.05, 3.63) is 21.4 Å². The van der Waals surface area contributed by atoms with E-state index in [0.717, 1.165) is 6.42 Å². The van der Waals surface area contributed by atoms with Gasteiger partial charge in [0.2, 0.25) is 0 Å². The smallest absolute Gasteiger partial charge is 0.370 e. The fourth-order valence-electron chi connectivity index (χ4n) is 1.49. The molecule has 0 bridgehead atoms. The van der Waals surface area contributed by atoms with Gasteiger partial charge in [-0.25, -0.2) is 9.36 Å². The van der Waals surface area contributed by atoms with Gasteiger partial charge in [0.1, 0.15) is 5.51 Å². The summed E-state index contributed by atoms with van der Waals surface area (Å²) < 4.78 is 2.89. The number of fused-ring (bicyclic) bond motifs is 1. The maximum atomic E-state index is 11.8. The maximum Gasteiger partial charge on any atom is 0.370 e. The van der Waals surface area contributed by atoms with Gasteiger partial charge in [-0.3, -0.25) is 0 Å². The fraction of sp³-hybridized carbons (Fsp3) is 0.444. The van der Waals surface area contributed by atoms with Crippen LogP contribution in [0.5, 0.6) is 5.88 Å². The van der Waals surface area contributed by atoms with E-state index in [1.807, 2.05) is 6.92 Å². The lowest BCUT2D eigenvalue weighted by atomic mass is 10.3. The van der Waals surface area contributed by atoms with Gasteiger partial charge in [0.25, 0.3) is 0 Å². The molecule has 0 fully saturated rings. The molecule has 0 aliphatic carbocycles. The molecule has 2 rings (SSSR count). The largest absolute Gasteiger partial charge is 0.842 e. The highest BCUT2D eigenvalue weighted by Gasteiger charge is 2.17. The van der Waals surface area contributed by atoms with E-state index in [-0.39, 0.29) is 17.0 Å². The molecule has 2 aromatic rings. The second-order valence-corrected chi connectivity index (χ2v) is 4.13. The van der Waals surface area contributed by atoms with Gasteiger partial charge < -0.3 is 5.11 Å². The molecule has 0 amide bonds. The van der Waals surface area contributed by atoms with Crippen LogP contribution in [-0.4, -0.2) is 9.61 Å². The van der Waals surface area contributed by atoms with Gasteiger partial charge in [-0.1, -0.05) is 12.0 Å². The molecule has 0 aliphatic heterocycles. The van der Waals surface area contributed by atoms with Gasteiger partial charge in [-0.2, -0.15) is 0 Å². The lowest BCUT2D eigenvalue weighted by molar-refractivity contribution is -0.715. The molecule has 0 unspecified atom stereocenters. The lowest BCUT2D eigenvalue weighted by Gasteiger charge is -2.11. The van der Waals surface area contributed by atoms with Crippen LogP contribution in [-0.2, 0) is 6.54 Å². The predicted molar refractivity (Wildman–Crippen MR) is 54.0 cm³/mol. The Bertz CT molecular complexity index is 558. The van der Waals surface area contributed by atoms with E-state index < -0.39 is 0 Å². The van der Waals surface area contributed by atoms with E-state index in [4.69, 9.17) is 0 Å². The summed E-state index contributed by atoms with van der Waals surface area (Å²) in [5, 5.41) is 15.7. The Labute approximate surface area is 90.2 Å². The topological polar surface area (TPSA) is 61.3 Å². The summed E-state index contributed by atoms with van der Waals surface area (Å²) in [6.07, 6.45) is 0.852. The van der Waals surface area contributed by atoms with Crippen LogP contribution >= 0.6 is 11.3 Å². The van der Waals surface area contributed by atoms with Crippen molar-refractivity contribution in [2.45, 2.75) is 26.8 Å². The summed E-state index contributed by atoms with van der Waals surface area (Å²) in [6.45, 7) is 4.15. The van der Waals surface area contributed by atoms with Crippen LogP contribution in [0.25, 0.3) is 4.96 Å². The summed E-state index contributed by atoms with van der Waals surface area (Å²) in [6, 6.07) is 0. The van der Waals surface area contributed by atoms with Gasteiger partial charge in [0, 0.05) is 0 Å². The Morgan fingerprint density at radius 3 is 3.07 bits per heavy atom. The molecule has 0 saturated heterocycles. The molecule has 2 aromatic heterocycles. The van der Waals surface area contributed by atoms with E-state index in [9.17, 15) is 9.90 Å². The first-order valence-electron chi connectivity index (χ1n) is 4.72. The van der Waals surface area contributed by atoms with E-state index in [2.05, 4.69) is 5.10 Å². The van der Waals surface area contributed by atoms with Crippen molar-refractivity contribution < 1.29 is 9.67 Å². The second kappa shape index (κ2) is 3.62. The molecule has 0 aliphatic rings. The van der Waals surface area contributed by atoms with Gasteiger partial charge in [0.15, 0.2) is 0 Å². The van der Waals surface area contributed by atoms with Crippen LogP contribution in [0.15, 0.2) is 10.3 Å². The number of hydrogen-bond donors (Lipinski definition) is 0. The zero-order valence-electron chi connectivity index (χ0n) is 8.56. The van der Waals surface area contributed by atoms with E-state index in [1.54, 1.807) is 17.0 Å². The molecule has 0 spiro atoms. The maximum absolute atomic E-state index is 11.8. The average Bonchev–Trinajstić information content (AvgIpc) is 2.70. The summed E-state index contributed by atoms with van der Waals surface area (Å²) in [5.41, 5.74) is 1.48. The molecule has 15 heavy (non-hydrogen) atoms. The van der Waals surface area contributed by atoms with Crippen LogP contribution in [0.4, 0.5) is 0 Å². The second-order valence-electron chi connectivity index (χ2n) is 3.32. The fourth-order valence-corrected chi connectivity index (χ4v) is 2.26. The predicted octanol–water partition coefficient (Wildman–Crippen LogP) is -0.164. The summed E-state index contributed by atoms with van der Waals surface area (Å²) in [4.78, 5) is 12.3. The molecule has 80 valence electrons. The SMILES string of the molecule is CCC[n+]1c([O-])c(C)c(=O)n2ncsc21. The third-order valence-corrected chi connectivity index (χ3v) is 3.06. The minimum atomic E-state index is -0.316. The van der Waals surface area contributed by atoms with E-state index in [1.165, 1.54) is 15.9 Å². The minimum Gasteiger partial charge on any atom is -0.842 e. The molecule has 0 aromatic carbocycles. The molecule has 0 saturated carbocycles. The molecule has 0 N–H and O–H groups in total. The van der Waals surface area contributed by atoms with Gasteiger partial charge in [-0.15, -0.1) is 0 Å². The first kappa shape index (κ1) is 10.1. The summed E-state index contributed by atoms with van der Waals surface area (Å²) in [7, 11) is 0. The number of aromatic nitrogens is 3. The number of nitrogens with zero attached hydrogens (tertiary/aromatic N) is 3. The Morgan fingerprint density at radius 1 is 1.67 bits per heavy atom. The van der Waals surface area contributed by atoms with Gasteiger partial charge in [0.05, 0.1) is 18.0 Å². The number of rotatable bonds is 2. The Balaban J connectivity index is 2.88. The van der Waals surface area contributed by atoms with Crippen molar-refractivity contribution in [1.82, 2.24) is 9.61 Å². The third kappa shape index (κ3) is 1.41. The van der Waals surface area contributed by atoms with E-state index in [0.29, 0.717) is 11.5 Å². The Morgan fingerprint density at radius 2 is 2.40 bits per heavy atom. The van der Waals surface area contributed by atoms with E-state index >= 15 is 0 Å². The summed E-state index contributed by atoms with van der Waals surface area (Å²) in [5.74, 6) is -0.203. The zero-order chi connectivity index (χ0) is 11.0. The molecule has 0 radical (unpaired) electrons. The minimum absolute atomic E-state index is 0.203. The van der Waals surface area contributed by atoms with Crippen molar-refractivity contribution >= 4 is 16.3 Å². The number of hydrogen-bond acceptors (Lipinski definition) is 4. The van der Waals surface area contributed by atoms with Gasteiger partial charge >= 0.3 is 10.5 Å². The van der Waals surface area contributed by atoms with Crippen LogP contribution in [0.2, 0.25) is 0 Å². The highest BCUT2D eigenvalue weighted by molar-refractivity contribution is 7.14. The van der Waals surface area contributed by atoms with Crippen molar-refractivity contribution in [2.75, 3.05) is 0 Å². The Kier molecular flexibility index (Phi) is 2.44. The Hall–Kier alpha value is -1.43. The highest BCUT2D eigenvalue weighted by atomic mass is 32.1. The van der Waals surface area contributed by atoms with Crippen LogP contribution in [0, 0.1) is 6.92 Å². The summed E-state index contributed by atoms with van der Waals surface area (Å²) >= 11 is 1.31. The third-order valence-electron chi connectivity index (χ3n) is 2.26. The first-order chi connectivity index (χ1) is 7.16. The van der Waals surface area contributed by atoms with Crippen LogP contribution in [0.1, 0.15) is 18.9 Å². The number of aryl methyl sites for hydroxylation is 1. The highest BCUT2D eigenvalue weighted by Crippen LogP contribution is 2.08. The van der Waals surface area contributed by atoms with Gasteiger partial charge in [-0.05, 0) is 29.2 Å². The average molecular weight is 225 g/mol. The van der Waals surface area contributed by atoms with Crippen molar-refractivity contribution in [3.63, 3.8) is 0 Å². The molecule has 6 heteroatoms. The van der Waals surface area contributed by atoms with Crippen LogP contribution in [0.3, 0.4) is 0 Å².